The molecule has 2 aliphatic rings. The molecule has 0 atom stereocenters. The molecule has 0 radical (unpaired) electrons. The van der Waals surface area contributed by atoms with Crippen LogP contribution >= 0.6 is 0 Å². The van der Waals surface area contributed by atoms with E-state index < -0.39 is 0 Å². The lowest BCUT2D eigenvalue weighted by atomic mass is 10.1. The second-order valence-electron chi connectivity index (χ2n) is 7.61. The molecule has 2 aliphatic heterocycles. The van der Waals surface area contributed by atoms with E-state index in [-0.39, 0.29) is 18.4 Å². The Morgan fingerprint density at radius 1 is 1.10 bits per heavy atom. The summed E-state index contributed by atoms with van der Waals surface area (Å²) >= 11 is 0. The van der Waals surface area contributed by atoms with Crippen molar-refractivity contribution < 1.29 is 19.1 Å². The van der Waals surface area contributed by atoms with Crippen molar-refractivity contribution >= 4 is 11.8 Å². The Morgan fingerprint density at radius 2 is 1.83 bits per heavy atom. The lowest BCUT2D eigenvalue weighted by Gasteiger charge is -2.26. The molecule has 2 aromatic rings. The van der Waals surface area contributed by atoms with Crippen molar-refractivity contribution in [3.63, 3.8) is 0 Å². The molecule has 7 heteroatoms. The zero-order valence-corrected chi connectivity index (χ0v) is 17.2. The zero-order valence-electron chi connectivity index (χ0n) is 17.2. The van der Waals surface area contributed by atoms with E-state index >= 15 is 0 Å². The van der Waals surface area contributed by atoms with Crippen LogP contribution in [-0.4, -0.2) is 61.5 Å². The monoisotopic (exact) mass is 409 g/mol. The molecule has 2 heterocycles. The predicted octanol–water partition coefficient (Wildman–Crippen LogP) is 1.80. The minimum atomic E-state index is -0.184. The van der Waals surface area contributed by atoms with Gasteiger partial charge in [0.15, 0.2) is 0 Å². The van der Waals surface area contributed by atoms with E-state index in [0.717, 1.165) is 44.0 Å². The fourth-order valence-corrected chi connectivity index (χ4v) is 3.80. The number of rotatable bonds is 7. The molecule has 2 amide bonds. The first-order chi connectivity index (χ1) is 14.6. The number of hydrogen-bond acceptors (Lipinski definition) is 5. The van der Waals surface area contributed by atoms with Gasteiger partial charge in [-0.3, -0.25) is 14.5 Å². The SMILES string of the molecule is CNC(=O)CN1Cc2c(OCc3ccc(CN4CCOCC4)cc3)cccc2C1=O. The van der Waals surface area contributed by atoms with Crippen molar-refractivity contribution in [1.29, 1.82) is 0 Å². The highest BCUT2D eigenvalue weighted by Crippen LogP contribution is 2.31. The first-order valence-corrected chi connectivity index (χ1v) is 10.3. The van der Waals surface area contributed by atoms with E-state index in [1.54, 1.807) is 13.1 Å². The number of ether oxygens (including phenoxy) is 2. The number of nitrogens with one attached hydrogen (secondary N) is 1. The van der Waals surface area contributed by atoms with Crippen LogP contribution < -0.4 is 10.1 Å². The Morgan fingerprint density at radius 3 is 2.57 bits per heavy atom. The molecule has 7 nitrogen and oxygen atoms in total. The molecule has 0 saturated carbocycles. The van der Waals surface area contributed by atoms with E-state index in [2.05, 4.69) is 34.5 Å². The van der Waals surface area contributed by atoms with Gasteiger partial charge >= 0.3 is 0 Å². The van der Waals surface area contributed by atoms with Gasteiger partial charge in [0.1, 0.15) is 18.9 Å². The van der Waals surface area contributed by atoms with E-state index in [4.69, 9.17) is 9.47 Å². The summed E-state index contributed by atoms with van der Waals surface area (Å²) in [6, 6.07) is 13.9. The first kappa shape index (κ1) is 20.4. The zero-order chi connectivity index (χ0) is 20.9. The first-order valence-electron chi connectivity index (χ1n) is 10.3. The lowest BCUT2D eigenvalue weighted by molar-refractivity contribution is -0.121. The van der Waals surface area contributed by atoms with Crippen LogP contribution in [-0.2, 0) is 29.2 Å². The normalized spacial score (nSPS) is 16.4. The largest absolute Gasteiger partial charge is 0.489 e. The molecule has 1 saturated heterocycles. The van der Waals surface area contributed by atoms with Gasteiger partial charge in [0.25, 0.3) is 5.91 Å². The van der Waals surface area contributed by atoms with E-state index in [1.807, 2.05) is 12.1 Å². The number of carbonyl (C=O) groups is 2. The number of morpholine rings is 1. The molecular formula is C23H27N3O4. The second-order valence-corrected chi connectivity index (χ2v) is 7.61. The summed E-state index contributed by atoms with van der Waals surface area (Å²) in [6.45, 7) is 5.34. The summed E-state index contributed by atoms with van der Waals surface area (Å²) in [4.78, 5) is 28.2. The summed E-state index contributed by atoms with van der Waals surface area (Å²) in [6.07, 6.45) is 0. The Kier molecular flexibility index (Phi) is 6.30. The minimum Gasteiger partial charge on any atom is -0.489 e. The van der Waals surface area contributed by atoms with Gasteiger partial charge in [-0.1, -0.05) is 30.3 Å². The lowest BCUT2D eigenvalue weighted by Crippen LogP contribution is -2.35. The topological polar surface area (TPSA) is 71.1 Å². The van der Waals surface area contributed by atoms with Crippen LogP contribution in [0.25, 0.3) is 0 Å². The van der Waals surface area contributed by atoms with Gasteiger partial charge in [-0.05, 0) is 23.3 Å². The number of nitrogens with zero attached hydrogens (tertiary/aromatic N) is 2. The third-order valence-electron chi connectivity index (χ3n) is 5.54. The van der Waals surface area contributed by atoms with E-state index in [9.17, 15) is 9.59 Å². The smallest absolute Gasteiger partial charge is 0.255 e. The quantitative estimate of drug-likeness (QED) is 0.755. The Balaban J connectivity index is 1.37. The molecule has 0 aliphatic carbocycles. The van der Waals surface area contributed by atoms with Crippen molar-refractivity contribution in [3.8, 4) is 5.75 Å². The highest BCUT2D eigenvalue weighted by Gasteiger charge is 2.30. The molecule has 30 heavy (non-hydrogen) atoms. The number of likely N-dealkylation sites (N-methyl/N-ethyl adjacent to an activating group) is 1. The average molecular weight is 409 g/mol. The molecular weight excluding hydrogens is 382 g/mol. The van der Waals surface area contributed by atoms with Gasteiger partial charge in [0, 0.05) is 37.8 Å². The maximum Gasteiger partial charge on any atom is 0.255 e. The van der Waals surface area contributed by atoms with Crippen LogP contribution in [0.1, 0.15) is 27.0 Å². The van der Waals surface area contributed by atoms with Crippen LogP contribution in [0.3, 0.4) is 0 Å². The predicted molar refractivity (Wildman–Crippen MR) is 112 cm³/mol. The van der Waals surface area contributed by atoms with Crippen molar-refractivity contribution in [2.75, 3.05) is 39.9 Å². The summed E-state index contributed by atoms with van der Waals surface area (Å²) in [5, 5.41) is 2.56. The molecule has 4 rings (SSSR count). The van der Waals surface area contributed by atoms with Crippen molar-refractivity contribution in [1.82, 2.24) is 15.1 Å². The molecule has 158 valence electrons. The second kappa shape index (κ2) is 9.28. The molecule has 1 N–H and O–H groups in total. The number of benzene rings is 2. The molecule has 1 fully saturated rings. The van der Waals surface area contributed by atoms with Crippen LogP contribution in [0.4, 0.5) is 0 Å². The summed E-state index contributed by atoms with van der Waals surface area (Å²) in [7, 11) is 1.57. The van der Waals surface area contributed by atoms with Gasteiger partial charge in [-0.25, -0.2) is 0 Å². The van der Waals surface area contributed by atoms with Gasteiger partial charge in [-0.2, -0.15) is 0 Å². The summed E-state index contributed by atoms with van der Waals surface area (Å²) in [5.41, 5.74) is 3.80. The van der Waals surface area contributed by atoms with Crippen LogP contribution in [0.2, 0.25) is 0 Å². The number of carbonyl (C=O) groups excluding carboxylic acids is 2. The summed E-state index contributed by atoms with van der Waals surface area (Å²) in [5.74, 6) is 0.375. The number of hydrogen-bond donors (Lipinski definition) is 1. The van der Waals surface area contributed by atoms with Crippen molar-refractivity contribution in [2.45, 2.75) is 19.7 Å². The Hall–Kier alpha value is -2.90. The maximum atomic E-state index is 12.6. The fourth-order valence-electron chi connectivity index (χ4n) is 3.80. The van der Waals surface area contributed by atoms with E-state index in [0.29, 0.717) is 24.5 Å². The van der Waals surface area contributed by atoms with Crippen LogP contribution in [0.5, 0.6) is 5.75 Å². The highest BCUT2D eigenvalue weighted by molar-refractivity contribution is 6.00. The van der Waals surface area contributed by atoms with E-state index in [1.165, 1.54) is 10.5 Å². The van der Waals surface area contributed by atoms with Crippen LogP contribution in [0, 0.1) is 0 Å². The van der Waals surface area contributed by atoms with Crippen LogP contribution in [0.15, 0.2) is 42.5 Å². The third kappa shape index (κ3) is 4.63. The minimum absolute atomic E-state index is 0.0497. The number of amides is 2. The fraction of sp³-hybridized carbons (Fsp3) is 0.391. The molecule has 2 aromatic carbocycles. The summed E-state index contributed by atoms with van der Waals surface area (Å²) < 4.78 is 11.4. The standard InChI is InChI=1S/C23H27N3O4/c1-24-22(27)15-26-14-20-19(23(26)28)3-2-4-21(20)30-16-18-7-5-17(6-8-18)13-25-9-11-29-12-10-25/h2-8H,9-16H2,1H3,(H,24,27). The molecule has 0 bridgehead atoms. The van der Waals surface area contributed by atoms with Gasteiger partial charge in [0.05, 0.1) is 19.8 Å². The van der Waals surface area contributed by atoms with Gasteiger partial charge in [-0.15, -0.1) is 0 Å². The maximum absolute atomic E-state index is 12.6. The highest BCUT2D eigenvalue weighted by atomic mass is 16.5. The average Bonchev–Trinajstić information content (AvgIpc) is 3.10. The third-order valence-corrected chi connectivity index (χ3v) is 5.54. The van der Waals surface area contributed by atoms with Crippen molar-refractivity contribution in [3.05, 3.63) is 64.7 Å². The van der Waals surface area contributed by atoms with Gasteiger partial charge in [0.2, 0.25) is 5.91 Å². The van der Waals surface area contributed by atoms with Crippen molar-refractivity contribution in [2.24, 2.45) is 0 Å². The Bertz CT molecular complexity index is 907. The Labute approximate surface area is 176 Å². The molecule has 0 unspecified atom stereocenters. The van der Waals surface area contributed by atoms with Gasteiger partial charge < -0.3 is 19.7 Å². The molecule has 0 spiro atoms. The molecule has 0 aromatic heterocycles. The number of fused-ring (bicyclic) bond motifs is 1.